The van der Waals surface area contributed by atoms with Crippen LogP contribution in [-0.4, -0.2) is 49.3 Å². The summed E-state index contributed by atoms with van der Waals surface area (Å²) in [5.74, 6) is 0. The molecule has 0 spiro atoms. The van der Waals surface area contributed by atoms with Gasteiger partial charge in [-0.05, 0) is 53.4 Å². The third kappa shape index (κ3) is 6.99. The van der Waals surface area contributed by atoms with Gasteiger partial charge in [-0.1, -0.05) is 20.8 Å². The Balaban J connectivity index is 2.96. The fraction of sp³-hybridized carbons (Fsp3) is 1.00. The molecule has 1 heterocycles. The van der Waals surface area contributed by atoms with E-state index in [1.165, 1.54) is 0 Å². The van der Waals surface area contributed by atoms with E-state index < -0.39 is 0 Å². The van der Waals surface area contributed by atoms with Crippen molar-refractivity contribution in [2.75, 3.05) is 26.4 Å². The SMILES string of the molecule is CCC1(C)CC(C)(CC)OC(C)(CC)COC(C)CCOCCO1. The van der Waals surface area contributed by atoms with E-state index in [0.717, 1.165) is 32.1 Å². The van der Waals surface area contributed by atoms with Crippen LogP contribution in [0.3, 0.4) is 0 Å². The zero-order chi connectivity index (χ0) is 18.3. The van der Waals surface area contributed by atoms with E-state index in [4.69, 9.17) is 18.9 Å². The molecule has 1 rings (SSSR count). The molecule has 1 saturated heterocycles. The van der Waals surface area contributed by atoms with Gasteiger partial charge in [0.1, 0.15) is 0 Å². The Labute approximate surface area is 149 Å². The molecule has 4 nitrogen and oxygen atoms in total. The normalized spacial score (nSPS) is 40.9. The van der Waals surface area contributed by atoms with Crippen molar-refractivity contribution in [2.45, 2.75) is 103 Å². The van der Waals surface area contributed by atoms with Gasteiger partial charge in [-0.2, -0.15) is 0 Å². The molecule has 0 saturated carbocycles. The predicted molar refractivity (Wildman–Crippen MR) is 98.6 cm³/mol. The van der Waals surface area contributed by atoms with Crippen LogP contribution in [0, 0.1) is 0 Å². The lowest BCUT2D eigenvalue weighted by molar-refractivity contribution is -0.204. The van der Waals surface area contributed by atoms with Gasteiger partial charge in [0.15, 0.2) is 0 Å². The molecule has 24 heavy (non-hydrogen) atoms. The summed E-state index contributed by atoms with van der Waals surface area (Å²) in [6.45, 7) is 17.8. The lowest BCUT2D eigenvalue weighted by Gasteiger charge is -2.44. The molecule has 0 aliphatic carbocycles. The highest BCUT2D eigenvalue weighted by Gasteiger charge is 2.40. The third-order valence-corrected chi connectivity index (χ3v) is 5.50. The second kappa shape index (κ2) is 9.51. The van der Waals surface area contributed by atoms with Gasteiger partial charge < -0.3 is 18.9 Å². The Kier molecular flexibility index (Phi) is 8.67. The summed E-state index contributed by atoms with van der Waals surface area (Å²) in [5, 5.41) is 0. The number of rotatable bonds is 3. The molecule has 0 aromatic heterocycles. The minimum absolute atomic E-state index is 0.178. The molecule has 4 unspecified atom stereocenters. The number of hydrogen-bond donors (Lipinski definition) is 0. The first kappa shape index (κ1) is 21.9. The summed E-state index contributed by atoms with van der Waals surface area (Å²) in [6, 6.07) is 0. The van der Waals surface area contributed by atoms with Gasteiger partial charge in [-0.25, -0.2) is 0 Å². The predicted octanol–water partition coefficient (Wildman–Crippen LogP) is 4.74. The fourth-order valence-corrected chi connectivity index (χ4v) is 3.20. The van der Waals surface area contributed by atoms with E-state index in [9.17, 15) is 0 Å². The molecular formula is C20H40O4. The van der Waals surface area contributed by atoms with Crippen LogP contribution in [0.2, 0.25) is 0 Å². The van der Waals surface area contributed by atoms with Crippen molar-refractivity contribution >= 4 is 0 Å². The van der Waals surface area contributed by atoms with Gasteiger partial charge in [0.05, 0.1) is 42.7 Å². The van der Waals surface area contributed by atoms with Crippen molar-refractivity contribution < 1.29 is 18.9 Å². The van der Waals surface area contributed by atoms with Crippen molar-refractivity contribution in [1.82, 2.24) is 0 Å². The van der Waals surface area contributed by atoms with Crippen molar-refractivity contribution in [3.8, 4) is 0 Å². The van der Waals surface area contributed by atoms with Crippen molar-refractivity contribution in [2.24, 2.45) is 0 Å². The summed E-state index contributed by atoms with van der Waals surface area (Å²) in [4.78, 5) is 0. The van der Waals surface area contributed by atoms with E-state index in [0.29, 0.717) is 26.4 Å². The molecule has 4 atom stereocenters. The average Bonchev–Trinajstić information content (AvgIpc) is 2.55. The van der Waals surface area contributed by atoms with Crippen LogP contribution < -0.4 is 0 Å². The lowest BCUT2D eigenvalue weighted by atomic mass is 9.84. The van der Waals surface area contributed by atoms with Crippen molar-refractivity contribution in [3.05, 3.63) is 0 Å². The maximum Gasteiger partial charge on any atom is 0.0891 e. The zero-order valence-corrected chi connectivity index (χ0v) is 17.1. The van der Waals surface area contributed by atoms with E-state index in [1.54, 1.807) is 0 Å². The average molecular weight is 345 g/mol. The van der Waals surface area contributed by atoms with Crippen LogP contribution in [0.1, 0.15) is 80.6 Å². The van der Waals surface area contributed by atoms with Crippen molar-refractivity contribution in [3.63, 3.8) is 0 Å². The van der Waals surface area contributed by atoms with E-state index in [1.807, 2.05) is 0 Å². The van der Waals surface area contributed by atoms with Crippen molar-refractivity contribution in [1.29, 1.82) is 0 Å². The van der Waals surface area contributed by atoms with Gasteiger partial charge in [0.25, 0.3) is 0 Å². The zero-order valence-electron chi connectivity index (χ0n) is 17.1. The van der Waals surface area contributed by atoms with Crippen LogP contribution >= 0.6 is 0 Å². The second-order valence-electron chi connectivity index (χ2n) is 8.06. The highest BCUT2D eigenvalue weighted by molar-refractivity contribution is 4.89. The molecule has 4 heteroatoms. The first-order chi connectivity index (χ1) is 11.2. The molecule has 0 aromatic rings. The minimum Gasteiger partial charge on any atom is -0.379 e. The molecule has 0 aromatic carbocycles. The minimum atomic E-state index is -0.279. The van der Waals surface area contributed by atoms with Crippen LogP contribution in [-0.2, 0) is 18.9 Å². The molecule has 0 amide bonds. The van der Waals surface area contributed by atoms with E-state index >= 15 is 0 Å². The Morgan fingerprint density at radius 3 is 2.04 bits per heavy atom. The van der Waals surface area contributed by atoms with Gasteiger partial charge in [-0.15, -0.1) is 0 Å². The van der Waals surface area contributed by atoms with Crippen LogP contribution in [0.15, 0.2) is 0 Å². The standard InChI is InChI=1S/C20H40O4/c1-8-18(5)15-19(6,9-2)24-20(7,10-3)16-22-17(4)11-12-21-13-14-23-18/h17H,8-16H2,1-7H3. The topological polar surface area (TPSA) is 36.9 Å². The Hall–Kier alpha value is -0.160. The molecule has 144 valence electrons. The first-order valence-electron chi connectivity index (χ1n) is 9.73. The van der Waals surface area contributed by atoms with Gasteiger partial charge in [0.2, 0.25) is 0 Å². The highest BCUT2D eigenvalue weighted by Crippen LogP contribution is 2.36. The number of hydrogen-bond acceptors (Lipinski definition) is 4. The lowest BCUT2D eigenvalue weighted by Crippen LogP contribution is -2.48. The van der Waals surface area contributed by atoms with Crippen LogP contribution in [0.5, 0.6) is 0 Å². The second-order valence-corrected chi connectivity index (χ2v) is 8.06. The van der Waals surface area contributed by atoms with Crippen LogP contribution in [0.4, 0.5) is 0 Å². The van der Waals surface area contributed by atoms with E-state index in [2.05, 4.69) is 48.5 Å². The maximum atomic E-state index is 6.68. The molecular weight excluding hydrogens is 304 g/mol. The molecule has 0 N–H and O–H groups in total. The Bertz CT molecular complexity index is 362. The highest BCUT2D eigenvalue weighted by atomic mass is 16.6. The van der Waals surface area contributed by atoms with Crippen LogP contribution in [0.25, 0.3) is 0 Å². The quantitative estimate of drug-likeness (QED) is 0.741. The molecule has 0 radical (unpaired) electrons. The fourth-order valence-electron chi connectivity index (χ4n) is 3.20. The summed E-state index contributed by atoms with van der Waals surface area (Å²) >= 11 is 0. The monoisotopic (exact) mass is 344 g/mol. The summed E-state index contributed by atoms with van der Waals surface area (Å²) in [6.07, 6.45) is 4.79. The molecule has 1 aliphatic rings. The first-order valence-corrected chi connectivity index (χ1v) is 9.73. The Morgan fingerprint density at radius 1 is 0.833 bits per heavy atom. The molecule has 0 bridgehead atoms. The number of ether oxygens (including phenoxy) is 4. The van der Waals surface area contributed by atoms with Gasteiger partial charge in [0, 0.05) is 13.0 Å². The van der Waals surface area contributed by atoms with Gasteiger partial charge >= 0.3 is 0 Å². The summed E-state index contributed by atoms with van der Waals surface area (Å²) < 4.78 is 24.7. The molecule has 1 fully saturated rings. The summed E-state index contributed by atoms with van der Waals surface area (Å²) in [7, 11) is 0. The van der Waals surface area contributed by atoms with E-state index in [-0.39, 0.29) is 22.9 Å². The molecule has 1 aliphatic heterocycles. The largest absolute Gasteiger partial charge is 0.379 e. The smallest absolute Gasteiger partial charge is 0.0891 e. The summed E-state index contributed by atoms with van der Waals surface area (Å²) in [5.41, 5.74) is -0.702. The maximum absolute atomic E-state index is 6.68. The third-order valence-electron chi connectivity index (χ3n) is 5.50. The Morgan fingerprint density at radius 2 is 1.46 bits per heavy atom. The van der Waals surface area contributed by atoms with Gasteiger partial charge in [-0.3, -0.25) is 0 Å².